The topological polar surface area (TPSA) is 0 Å². The SMILES string of the molecule is CCCCCCCCCCCCCCCCCC[SiH3].Cl[SiH](Cl)Cl. The summed E-state index contributed by atoms with van der Waals surface area (Å²) in [5.74, 6) is 0. The van der Waals surface area contributed by atoms with Crippen LogP contribution in [0.5, 0.6) is 0 Å². The van der Waals surface area contributed by atoms with Crippen molar-refractivity contribution in [2.24, 2.45) is 0 Å². The van der Waals surface area contributed by atoms with Crippen molar-refractivity contribution >= 4 is 50.2 Å². The molecule has 0 nitrogen and oxygen atoms in total. The van der Waals surface area contributed by atoms with Crippen LogP contribution in [0.25, 0.3) is 0 Å². The Kier molecular flexibility index (Phi) is 29.5. The molecule has 0 saturated heterocycles. The van der Waals surface area contributed by atoms with Crippen LogP contribution in [0.4, 0.5) is 0 Å². The highest BCUT2D eigenvalue weighted by Gasteiger charge is 1.94. The quantitative estimate of drug-likeness (QED) is 0.138. The summed E-state index contributed by atoms with van der Waals surface area (Å²) in [7, 11) is 1.41. The van der Waals surface area contributed by atoms with Crippen LogP contribution < -0.4 is 0 Å². The Morgan fingerprint density at radius 2 is 0.739 bits per heavy atom. The van der Waals surface area contributed by atoms with E-state index in [-0.39, 0.29) is 0 Å². The second kappa shape index (κ2) is 25.5. The molecule has 0 bridgehead atoms. The molecular weight excluding hydrogens is 379 g/mol. The Balaban J connectivity index is 0. The molecule has 0 rings (SSSR count). The highest BCUT2D eigenvalue weighted by Crippen LogP contribution is 2.13. The number of halogens is 3. The molecular formula is C18H41Cl3Si2. The smallest absolute Gasteiger partial charge is 0.130 e. The second-order valence-electron chi connectivity index (χ2n) is 6.55. The van der Waals surface area contributed by atoms with Crippen molar-refractivity contribution in [3.63, 3.8) is 0 Å². The highest BCUT2D eigenvalue weighted by atomic mass is 35.8. The van der Waals surface area contributed by atoms with Crippen molar-refractivity contribution in [1.29, 1.82) is 0 Å². The van der Waals surface area contributed by atoms with Crippen molar-refractivity contribution in [3.8, 4) is 0 Å². The highest BCUT2D eigenvalue weighted by molar-refractivity contribution is 7.54. The Bertz CT molecular complexity index is 174. The van der Waals surface area contributed by atoms with E-state index in [1.54, 1.807) is 0 Å². The number of hydrogen-bond donors (Lipinski definition) is 0. The van der Waals surface area contributed by atoms with Gasteiger partial charge in [-0.15, -0.1) is 33.2 Å². The monoisotopic (exact) mass is 418 g/mol. The van der Waals surface area contributed by atoms with E-state index in [2.05, 4.69) is 6.92 Å². The Hall–Kier alpha value is 1.30. The van der Waals surface area contributed by atoms with Gasteiger partial charge in [0, 0.05) is 10.2 Å². The van der Waals surface area contributed by atoms with E-state index in [0.29, 0.717) is 0 Å². The molecule has 142 valence electrons. The van der Waals surface area contributed by atoms with E-state index in [1.807, 2.05) is 0 Å². The molecule has 0 spiro atoms. The molecule has 0 aliphatic carbocycles. The van der Waals surface area contributed by atoms with Crippen LogP contribution in [0.2, 0.25) is 6.04 Å². The summed E-state index contributed by atoms with van der Waals surface area (Å²) < 4.78 is 0. The van der Waals surface area contributed by atoms with Gasteiger partial charge < -0.3 is 0 Å². The maximum atomic E-state index is 4.94. The van der Waals surface area contributed by atoms with Gasteiger partial charge >= 0.3 is 6.73 Å². The zero-order valence-electron chi connectivity index (χ0n) is 15.7. The van der Waals surface area contributed by atoms with Gasteiger partial charge in [-0.2, -0.15) is 0 Å². The third-order valence-corrected chi connectivity index (χ3v) is 4.91. The summed E-state index contributed by atoms with van der Waals surface area (Å²) >= 11 is 14.8. The fraction of sp³-hybridized carbons (Fsp3) is 1.00. The third-order valence-electron chi connectivity index (χ3n) is 4.21. The van der Waals surface area contributed by atoms with Gasteiger partial charge in [0.15, 0.2) is 0 Å². The van der Waals surface area contributed by atoms with Gasteiger partial charge in [0.1, 0.15) is 0 Å². The van der Waals surface area contributed by atoms with Crippen LogP contribution in [0.1, 0.15) is 110 Å². The maximum absolute atomic E-state index is 4.94. The first-order valence-corrected chi connectivity index (χ1v) is 16.7. The molecule has 0 N–H and O–H groups in total. The lowest BCUT2D eigenvalue weighted by atomic mass is 10.0. The first-order chi connectivity index (χ1) is 11.1. The van der Waals surface area contributed by atoms with Crippen LogP contribution in [-0.2, 0) is 0 Å². The van der Waals surface area contributed by atoms with Crippen LogP contribution in [0, 0.1) is 0 Å². The summed E-state index contributed by atoms with van der Waals surface area (Å²) in [6, 6.07) is 1.51. The minimum atomic E-state index is -1.72. The number of hydrogen-bond acceptors (Lipinski definition) is 0. The van der Waals surface area contributed by atoms with Gasteiger partial charge in [0.2, 0.25) is 0 Å². The summed E-state index contributed by atoms with van der Waals surface area (Å²) in [6.45, 7) is 0.575. The fourth-order valence-electron chi connectivity index (χ4n) is 2.80. The molecule has 0 heterocycles. The van der Waals surface area contributed by atoms with E-state index in [1.165, 1.54) is 119 Å². The van der Waals surface area contributed by atoms with Gasteiger partial charge in [-0.3, -0.25) is 0 Å². The average Bonchev–Trinajstić information content (AvgIpc) is 2.50. The molecule has 0 aliphatic rings. The lowest BCUT2D eigenvalue weighted by Crippen LogP contribution is -1.83. The fourth-order valence-corrected chi connectivity index (χ4v) is 3.30. The summed E-state index contributed by atoms with van der Waals surface area (Å²) in [6.07, 6.45) is 23.7. The first kappa shape index (κ1) is 26.5. The van der Waals surface area contributed by atoms with Gasteiger partial charge in [-0.05, 0) is 0 Å². The minimum Gasteiger partial charge on any atom is -0.130 e. The van der Waals surface area contributed by atoms with E-state index >= 15 is 0 Å². The van der Waals surface area contributed by atoms with Crippen molar-refractivity contribution in [1.82, 2.24) is 0 Å². The second-order valence-corrected chi connectivity index (χ2v) is 14.0. The van der Waals surface area contributed by atoms with Gasteiger partial charge in [-0.1, -0.05) is 116 Å². The zero-order valence-corrected chi connectivity index (χ0v) is 21.2. The van der Waals surface area contributed by atoms with Crippen molar-refractivity contribution in [2.45, 2.75) is 116 Å². The number of unbranched alkanes of at least 4 members (excludes halogenated alkanes) is 15. The van der Waals surface area contributed by atoms with Gasteiger partial charge in [0.05, 0.1) is 0 Å². The minimum absolute atomic E-state index is 1.38. The van der Waals surface area contributed by atoms with E-state index < -0.39 is 6.73 Å². The molecule has 0 saturated carbocycles. The van der Waals surface area contributed by atoms with Gasteiger partial charge in [-0.25, -0.2) is 0 Å². The lowest BCUT2D eigenvalue weighted by Gasteiger charge is -2.03. The summed E-state index contributed by atoms with van der Waals surface area (Å²) in [4.78, 5) is 0. The third kappa shape index (κ3) is 35.3. The first-order valence-electron chi connectivity index (χ1n) is 10.1. The zero-order chi connectivity index (χ0) is 17.6. The van der Waals surface area contributed by atoms with E-state index in [9.17, 15) is 0 Å². The molecule has 0 aromatic carbocycles. The largest absolute Gasteiger partial charge is 0.326 e. The Morgan fingerprint density at radius 1 is 0.522 bits per heavy atom. The Labute approximate surface area is 165 Å². The van der Waals surface area contributed by atoms with Crippen LogP contribution >= 0.6 is 33.2 Å². The molecule has 0 unspecified atom stereocenters. The molecule has 0 radical (unpaired) electrons. The molecule has 0 aromatic rings. The van der Waals surface area contributed by atoms with Crippen LogP contribution in [0.3, 0.4) is 0 Å². The van der Waals surface area contributed by atoms with Crippen molar-refractivity contribution < 1.29 is 0 Å². The molecule has 0 aromatic heterocycles. The van der Waals surface area contributed by atoms with Crippen molar-refractivity contribution in [2.75, 3.05) is 0 Å². The normalized spacial score (nSPS) is 10.8. The van der Waals surface area contributed by atoms with Crippen LogP contribution in [-0.4, -0.2) is 17.0 Å². The standard InChI is InChI=1S/C18H40Si.Cl3HSi/c1-2-3-4-5-6-7-8-9-10-11-12-13-14-15-16-17-18-19;1-4(2)3/h2-18H2,1,19H3;4H. The van der Waals surface area contributed by atoms with E-state index in [4.69, 9.17) is 33.2 Å². The molecule has 5 heteroatoms. The number of rotatable bonds is 16. The Morgan fingerprint density at radius 3 is 0.957 bits per heavy atom. The van der Waals surface area contributed by atoms with Gasteiger partial charge in [0.25, 0.3) is 0 Å². The molecule has 0 fully saturated rings. The predicted octanol–water partition coefficient (Wildman–Crippen LogP) is 7.45. The molecule has 0 amide bonds. The molecule has 0 aliphatic heterocycles. The predicted molar refractivity (Wildman–Crippen MR) is 119 cm³/mol. The molecule has 23 heavy (non-hydrogen) atoms. The van der Waals surface area contributed by atoms with E-state index in [0.717, 1.165) is 0 Å². The van der Waals surface area contributed by atoms with Crippen LogP contribution in [0.15, 0.2) is 0 Å². The average molecular weight is 420 g/mol. The molecule has 0 atom stereocenters. The summed E-state index contributed by atoms with van der Waals surface area (Å²) in [5.41, 5.74) is 0. The lowest BCUT2D eigenvalue weighted by molar-refractivity contribution is 0.531. The summed E-state index contributed by atoms with van der Waals surface area (Å²) in [5, 5.41) is 0. The maximum Gasteiger partial charge on any atom is 0.326 e. The van der Waals surface area contributed by atoms with Crippen molar-refractivity contribution in [3.05, 3.63) is 0 Å².